The summed E-state index contributed by atoms with van der Waals surface area (Å²) in [5, 5.41) is 9.49. The number of amides is 2. The number of alkyl halides is 3. The quantitative estimate of drug-likeness (QED) is 0.251. The maximum Gasteiger partial charge on any atom is 0.434 e. The number of anilines is 1. The van der Waals surface area contributed by atoms with Crippen LogP contribution in [-0.2, 0) is 10.9 Å². The molecule has 1 aliphatic heterocycles. The maximum absolute atomic E-state index is 13.6. The number of halogens is 3. The van der Waals surface area contributed by atoms with E-state index in [9.17, 15) is 27.6 Å². The Morgan fingerprint density at radius 1 is 1.19 bits per heavy atom. The molecule has 1 unspecified atom stereocenters. The zero-order valence-electron chi connectivity index (χ0n) is 23.2. The maximum atomic E-state index is 13.6. The highest BCUT2D eigenvalue weighted by Crippen LogP contribution is 2.39. The number of fused-ring (bicyclic) bond motifs is 1. The molecule has 2 amide bonds. The lowest BCUT2D eigenvalue weighted by Crippen LogP contribution is -2.33. The number of ether oxygens (including phenoxy) is 1. The Morgan fingerprint density at radius 3 is 2.67 bits per heavy atom. The largest absolute Gasteiger partial charge is 0.462 e. The molecule has 0 aromatic carbocycles. The van der Waals surface area contributed by atoms with E-state index in [1.54, 1.807) is 18.4 Å². The van der Waals surface area contributed by atoms with Gasteiger partial charge in [-0.15, -0.1) is 11.3 Å². The normalized spacial score (nSPS) is 15.3. The van der Waals surface area contributed by atoms with Crippen molar-refractivity contribution in [1.29, 1.82) is 0 Å². The number of thiazole rings is 1. The van der Waals surface area contributed by atoms with Crippen LogP contribution in [-0.4, -0.2) is 57.8 Å². The lowest BCUT2D eigenvalue weighted by Gasteiger charge is -2.27. The van der Waals surface area contributed by atoms with Gasteiger partial charge in [-0.05, 0) is 45.4 Å². The van der Waals surface area contributed by atoms with Crippen LogP contribution in [0.4, 0.5) is 23.8 Å². The monoisotopic (exact) mass is 615 g/mol. The van der Waals surface area contributed by atoms with Gasteiger partial charge >= 0.3 is 18.2 Å². The summed E-state index contributed by atoms with van der Waals surface area (Å²) in [4.78, 5) is 51.1. The fourth-order valence-corrected chi connectivity index (χ4v) is 5.72. The van der Waals surface area contributed by atoms with Gasteiger partial charge in [0.2, 0.25) is 5.43 Å². The van der Waals surface area contributed by atoms with Crippen molar-refractivity contribution >= 4 is 40.2 Å². The van der Waals surface area contributed by atoms with Gasteiger partial charge in [0.15, 0.2) is 5.69 Å². The van der Waals surface area contributed by atoms with Crippen molar-refractivity contribution in [3.8, 4) is 21.7 Å². The zero-order valence-corrected chi connectivity index (χ0v) is 24.1. The number of pyridine rings is 3. The van der Waals surface area contributed by atoms with Gasteiger partial charge in [-0.1, -0.05) is 0 Å². The summed E-state index contributed by atoms with van der Waals surface area (Å²) in [6.45, 7) is 5.27. The topological polar surface area (TPSA) is 140 Å². The number of urea groups is 1. The highest BCUT2D eigenvalue weighted by molar-refractivity contribution is 7.13. The molecule has 5 rings (SSSR count). The average Bonchev–Trinajstić information content (AvgIpc) is 3.49. The number of nitrogens with zero attached hydrogens (tertiary/aromatic N) is 4. The van der Waals surface area contributed by atoms with Crippen LogP contribution in [0.3, 0.4) is 0 Å². The molecule has 15 heteroatoms. The molecule has 43 heavy (non-hydrogen) atoms. The van der Waals surface area contributed by atoms with Crippen LogP contribution in [0.2, 0.25) is 0 Å². The van der Waals surface area contributed by atoms with Crippen molar-refractivity contribution in [2.45, 2.75) is 38.9 Å². The van der Waals surface area contributed by atoms with Crippen LogP contribution >= 0.6 is 11.3 Å². The molecule has 3 N–H and O–H groups in total. The van der Waals surface area contributed by atoms with Crippen molar-refractivity contribution in [2.75, 3.05) is 31.6 Å². The number of hydrogen-bond acceptors (Lipinski definition) is 9. The minimum atomic E-state index is -4.66. The van der Waals surface area contributed by atoms with Gasteiger partial charge < -0.3 is 19.9 Å². The van der Waals surface area contributed by atoms with Gasteiger partial charge in [0.25, 0.3) is 0 Å². The molecule has 4 aromatic rings. The molecule has 1 saturated heterocycles. The van der Waals surface area contributed by atoms with E-state index in [4.69, 9.17) is 4.74 Å². The minimum Gasteiger partial charge on any atom is -0.462 e. The van der Waals surface area contributed by atoms with Crippen LogP contribution in [0.5, 0.6) is 0 Å². The molecule has 1 fully saturated rings. The Bertz CT molecular complexity index is 1730. The van der Waals surface area contributed by atoms with Gasteiger partial charge in [0.05, 0.1) is 12.0 Å². The summed E-state index contributed by atoms with van der Waals surface area (Å²) >= 11 is 0.774. The second-order valence-corrected chi connectivity index (χ2v) is 10.6. The first-order valence-corrected chi connectivity index (χ1v) is 14.5. The number of carbonyl (C=O) groups is 2. The molecule has 11 nitrogen and oxygen atoms in total. The zero-order chi connectivity index (χ0) is 30.7. The second-order valence-electron chi connectivity index (χ2n) is 9.73. The van der Waals surface area contributed by atoms with Crippen LogP contribution in [0, 0.1) is 0 Å². The molecule has 0 aliphatic carbocycles. The smallest absolute Gasteiger partial charge is 0.434 e. The average molecular weight is 616 g/mol. The van der Waals surface area contributed by atoms with Gasteiger partial charge in [0.1, 0.15) is 22.0 Å². The summed E-state index contributed by atoms with van der Waals surface area (Å²) in [5.74, 6) is -0.679. The van der Waals surface area contributed by atoms with Crippen LogP contribution in [0.15, 0.2) is 40.9 Å². The first-order chi connectivity index (χ1) is 20.6. The van der Waals surface area contributed by atoms with Crippen LogP contribution < -0.4 is 21.4 Å². The minimum absolute atomic E-state index is 0.0229. The first-order valence-electron chi connectivity index (χ1n) is 13.6. The molecule has 0 saturated carbocycles. The Balaban J connectivity index is 1.69. The number of esters is 1. The van der Waals surface area contributed by atoms with E-state index in [1.165, 1.54) is 30.7 Å². The number of piperidine rings is 1. The predicted molar refractivity (Wildman–Crippen MR) is 155 cm³/mol. The second kappa shape index (κ2) is 12.5. The van der Waals surface area contributed by atoms with Crippen molar-refractivity contribution in [3.05, 3.63) is 57.6 Å². The Hall–Kier alpha value is -4.37. The molecule has 0 spiro atoms. The predicted octanol–water partition coefficient (Wildman–Crippen LogP) is 4.84. The molecular weight excluding hydrogens is 587 g/mol. The van der Waals surface area contributed by atoms with E-state index >= 15 is 0 Å². The summed E-state index contributed by atoms with van der Waals surface area (Å²) in [7, 11) is 0. The van der Waals surface area contributed by atoms with E-state index in [-0.39, 0.29) is 40.0 Å². The SMILES string of the molecule is CCNC(=O)Nc1cc(-c2nc(C(F)(F)F)cs2)c(-c2cnc3c(c2)c(=O)c(C(=O)OCC)cn3C2CCCNC2)cn1. The molecule has 5 heterocycles. The van der Waals surface area contributed by atoms with Crippen LogP contribution in [0.25, 0.3) is 32.7 Å². The molecule has 1 atom stereocenters. The summed E-state index contributed by atoms with van der Waals surface area (Å²) in [6.07, 6.45) is 1.38. The Kier molecular flexibility index (Phi) is 8.73. The molecule has 226 valence electrons. The van der Waals surface area contributed by atoms with E-state index in [0.717, 1.165) is 36.1 Å². The standard InChI is InChI=1S/C28H28F3N7O4S/c1-3-33-27(41)37-22-9-17(25-36-21(14-43-25)28(29,30)31)19(12-34-22)15-8-18-23(39)20(26(40)42-4-2)13-38(24(18)35-10-15)16-6-5-7-32-11-16/h8-10,12-14,16,32H,3-7,11H2,1-2H3,(H2,33,34,37,41). The van der Waals surface area contributed by atoms with Crippen molar-refractivity contribution in [2.24, 2.45) is 0 Å². The summed E-state index contributed by atoms with van der Waals surface area (Å²) < 4.78 is 47.2. The highest BCUT2D eigenvalue weighted by Gasteiger charge is 2.34. The van der Waals surface area contributed by atoms with E-state index in [2.05, 4.69) is 30.9 Å². The molecule has 4 aromatic heterocycles. The number of hydrogen-bond donors (Lipinski definition) is 3. The fourth-order valence-electron chi connectivity index (χ4n) is 4.86. The van der Waals surface area contributed by atoms with E-state index < -0.39 is 29.3 Å². The van der Waals surface area contributed by atoms with Crippen molar-refractivity contribution in [1.82, 2.24) is 30.2 Å². The summed E-state index contributed by atoms with van der Waals surface area (Å²) in [5.41, 5.74) is -0.516. The van der Waals surface area contributed by atoms with Crippen LogP contribution in [0.1, 0.15) is 48.8 Å². The number of rotatable bonds is 7. The van der Waals surface area contributed by atoms with Gasteiger partial charge in [-0.2, -0.15) is 13.2 Å². The number of carbonyl (C=O) groups excluding carboxylic acids is 2. The third-order valence-electron chi connectivity index (χ3n) is 6.85. The highest BCUT2D eigenvalue weighted by atomic mass is 32.1. The Morgan fingerprint density at radius 2 is 2.00 bits per heavy atom. The first kappa shape index (κ1) is 30.1. The third kappa shape index (κ3) is 6.37. The fraction of sp³-hybridized carbons (Fsp3) is 0.357. The van der Waals surface area contributed by atoms with Gasteiger partial charge in [-0.3, -0.25) is 10.1 Å². The van der Waals surface area contributed by atoms with Crippen molar-refractivity contribution in [3.63, 3.8) is 0 Å². The summed E-state index contributed by atoms with van der Waals surface area (Å²) in [6, 6.07) is 2.33. The van der Waals surface area contributed by atoms with Crippen molar-refractivity contribution < 1.29 is 27.5 Å². The van der Waals surface area contributed by atoms with Gasteiger partial charge in [-0.25, -0.2) is 24.5 Å². The third-order valence-corrected chi connectivity index (χ3v) is 7.72. The number of aromatic nitrogens is 4. The lowest BCUT2D eigenvalue weighted by molar-refractivity contribution is -0.140. The van der Waals surface area contributed by atoms with E-state index in [0.29, 0.717) is 29.9 Å². The molecule has 0 radical (unpaired) electrons. The number of nitrogens with one attached hydrogen (secondary N) is 3. The van der Waals surface area contributed by atoms with E-state index in [1.807, 2.05) is 0 Å². The lowest BCUT2D eigenvalue weighted by atomic mass is 10.0. The molecular formula is C28H28F3N7O4S. The van der Waals surface area contributed by atoms with Gasteiger partial charge in [0, 0.05) is 59.8 Å². The Labute approximate surface area is 247 Å². The molecule has 1 aliphatic rings. The molecule has 0 bridgehead atoms.